The molecule has 0 aliphatic rings. The normalized spacial score (nSPS) is 10.1. The average molecular weight is 446 g/mol. The van der Waals surface area contributed by atoms with Crippen LogP contribution in [0.4, 0.5) is 21.7 Å². The molecule has 2 amide bonds. The smallest absolute Gasteiger partial charge is 0.276 e. The summed E-state index contributed by atoms with van der Waals surface area (Å²) in [5, 5.41) is 11.8. The van der Waals surface area contributed by atoms with Gasteiger partial charge in [0.15, 0.2) is 0 Å². The lowest BCUT2D eigenvalue weighted by Crippen LogP contribution is -2.32. The fourth-order valence-electron chi connectivity index (χ4n) is 2.38. The summed E-state index contributed by atoms with van der Waals surface area (Å²) in [7, 11) is 0. The molecule has 13 heteroatoms. The van der Waals surface area contributed by atoms with Crippen molar-refractivity contribution in [2.75, 3.05) is 10.9 Å². The summed E-state index contributed by atoms with van der Waals surface area (Å²) >= 11 is 5.83. The first-order chi connectivity index (χ1) is 14.9. The first kappa shape index (κ1) is 21.4. The molecule has 1 aromatic heterocycles. The van der Waals surface area contributed by atoms with E-state index in [0.717, 1.165) is 12.4 Å². The molecular weight excluding hydrogens is 433 g/mol. The second-order valence-electron chi connectivity index (χ2n) is 5.83. The van der Waals surface area contributed by atoms with E-state index in [-0.39, 0.29) is 16.9 Å². The number of hydrogen-bond acceptors (Lipinski definition) is 8. The van der Waals surface area contributed by atoms with E-state index >= 15 is 0 Å². The van der Waals surface area contributed by atoms with Gasteiger partial charge in [-0.25, -0.2) is 14.4 Å². The van der Waals surface area contributed by atoms with Crippen molar-refractivity contribution in [3.05, 3.63) is 86.9 Å². The minimum absolute atomic E-state index is 0.201. The summed E-state index contributed by atoms with van der Waals surface area (Å²) in [6.45, 7) is 0. The molecule has 0 fully saturated rings. The molecule has 0 aliphatic heterocycles. The number of amides is 2. The van der Waals surface area contributed by atoms with Crippen molar-refractivity contribution in [3.63, 3.8) is 0 Å². The minimum Gasteiger partial charge on any atom is -0.276 e. The van der Waals surface area contributed by atoms with Crippen molar-refractivity contribution in [2.24, 2.45) is 0 Å². The van der Waals surface area contributed by atoms with Gasteiger partial charge in [0.1, 0.15) is 12.1 Å². The molecule has 0 spiro atoms. The Kier molecular flexibility index (Phi) is 6.52. The Morgan fingerprint density at radius 3 is 2.23 bits per heavy atom. The molecule has 0 radical (unpaired) electrons. The lowest BCUT2D eigenvalue weighted by molar-refractivity contribution is -0.383. The van der Waals surface area contributed by atoms with Gasteiger partial charge in [-0.1, -0.05) is 29.8 Å². The Morgan fingerprint density at radius 2 is 1.61 bits per heavy atom. The first-order valence-electron chi connectivity index (χ1n) is 8.49. The van der Waals surface area contributed by atoms with E-state index in [1.165, 1.54) is 30.3 Å². The van der Waals surface area contributed by atoms with Crippen LogP contribution < -0.4 is 21.7 Å². The number of aromatic nitrogens is 2. The highest BCUT2D eigenvalue weighted by molar-refractivity contribution is 6.30. The second kappa shape index (κ2) is 9.45. The van der Waals surface area contributed by atoms with Crippen LogP contribution >= 0.6 is 11.6 Å². The van der Waals surface area contributed by atoms with Gasteiger partial charge >= 0.3 is 5.69 Å². The first-order valence-corrected chi connectivity index (χ1v) is 8.87. The van der Waals surface area contributed by atoms with E-state index in [1.54, 1.807) is 12.1 Å². The highest BCUT2D eigenvalue weighted by Gasteiger charge is 2.24. The molecule has 158 valence electrons. The van der Waals surface area contributed by atoms with E-state index < -0.39 is 34.1 Å². The Hall–Kier alpha value is -4.32. The second-order valence-corrected chi connectivity index (χ2v) is 6.26. The molecule has 3 rings (SSSR count). The Morgan fingerprint density at radius 1 is 0.968 bits per heavy atom. The third-order valence-electron chi connectivity index (χ3n) is 3.80. The molecule has 0 saturated heterocycles. The quantitative estimate of drug-likeness (QED) is 0.320. The van der Waals surface area contributed by atoms with Gasteiger partial charge in [-0.15, -0.1) is 0 Å². The lowest BCUT2D eigenvalue weighted by atomic mass is 10.2. The van der Waals surface area contributed by atoms with Crippen LogP contribution in [0.1, 0.15) is 20.7 Å². The zero-order valence-corrected chi connectivity index (χ0v) is 16.2. The maximum absolute atomic E-state index is 13.7. The highest BCUT2D eigenvalue weighted by atomic mass is 35.5. The number of nitrogens with one attached hydrogen (secondary N) is 4. The number of carbonyl (C=O) groups excluding carboxylic acids is 2. The number of halogens is 2. The molecule has 0 unspecified atom stereocenters. The zero-order chi connectivity index (χ0) is 22.4. The number of rotatable bonds is 7. The Bertz CT molecular complexity index is 1160. The predicted molar refractivity (Wildman–Crippen MR) is 109 cm³/mol. The molecule has 0 saturated carbocycles. The summed E-state index contributed by atoms with van der Waals surface area (Å²) in [6.07, 6.45) is 0.957. The molecule has 2 aromatic carbocycles. The van der Waals surface area contributed by atoms with Crippen LogP contribution in [-0.4, -0.2) is 26.7 Å². The van der Waals surface area contributed by atoms with Crippen LogP contribution in [0.25, 0.3) is 0 Å². The van der Waals surface area contributed by atoms with Crippen molar-refractivity contribution in [1.29, 1.82) is 0 Å². The highest BCUT2D eigenvalue weighted by Crippen LogP contribution is 2.27. The molecule has 0 atom stereocenters. The number of nitro groups is 1. The van der Waals surface area contributed by atoms with Crippen molar-refractivity contribution in [3.8, 4) is 0 Å². The molecule has 31 heavy (non-hydrogen) atoms. The van der Waals surface area contributed by atoms with Crippen LogP contribution in [0, 0.1) is 15.9 Å². The number of anilines is 2. The molecule has 1 heterocycles. The standard InChI is InChI=1S/C18H13ClFN7O4/c19-11-5-3-4-10(8-11)17(28)25-23-15-14(27(30)31)16(22-9-21-15)24-26-18(29)12-6-1-2-7-13(12)20/h1-9H,(H,25,28)(H,26,29)(H2,21,22,23,24). The fourth-order valence-corrected chi connectivity index (χ4v) is 2.57. The van der Waals surface area contributed by atoms with Gasteiger partial charge in [-0.2, -0.15) is 0 Å². The van der Waals surface area contributed by atoms with Crippen molar-refractivity contribution < 1.29 is 18.9 Å². The van der Waals surface area contributed by atoms with Gasteiger partial charge in [0.05, 0.1) is 10.5 Å². The maximum Gasteiger partial charge on any atom is 0.356 e. The van der Waals surface area contributed by atoms with E-state index in [2.05, 4.69) is 31.7 Å². The van der Waals surface area contributed by atoms with Gasteiger partial charge < -0.3 is 0 Å². The van der Waals surface area contributed by atoms with Crippen LogP contribution in [0.5, 0.6) is 0 Å². The molecular formula is C18H13ClFN7O4. The topological polar surface area (TPSA) is 151 Å². The van der Waals surface area contributed by atoms with E-state index in [1.807, 2.05) is 0 Å². The lowest BCUT2D eigenvalue weighted by Gasteiger charge is -2.12. The number of benzene rings is 2. The molecule has 11 nitrogen and oxygen atoms in total. The Balaban J connectivity index is 1.75. The fraction of sp³-hybridized carbons (Fsp3) is 0. The molecule has 3 aromatic rings. The SMILES string of the molecule is O=C(NNc1ncnc(NNC(=O)c2ccccc2F)c1[N+](=O)[O-])c1cccc(Cl)c1. The molecule has 4 N–H and O–H groups in total. The van der Waals surface area contributed by atoms with Gasteiger partial charge in [0.25, 0.3) is 11.8 Å². The maximum atomic E-state index is 13.7. The largest absolute Gasteiger partial charge is 0.356 e. The van der Waals surface area contributed by atoms with Crippen molar-refractivity contribution in [2.45, 2.75) is 0 Å². The van der Waals surface area contributed by atoms with E-state index in [4.69, 9.17) is 11.6 Å². The van der Waals surface area contributed by atoms with Crippen LogP contribution in [-0.2, 0) is 0 Å². The summed E-state index contributed by atoms with van der Waals surface area (Å²) in [5.74, 6) is -3.04. The minimum atomic E-state index is -0.880. The van der Waals surface area contributed by atoms with E-state index in [0.29, 0.717) is 5.02 Å². The number of carbonyl (C=O) groups is 2. The van der Waals surface area contributed by atoms with Gasteiger partial charge in [-0.3, -0.25) is 41.4 Å². The van der Waals surface area contributed by atoms with Crippen LogP contribution in [0.15, 0.2) is 54.9 Å². The number of hydrogen-bond donors (Lipinski definition) is 4. The third kappa shape index (κ3) is 5.19. The predicted octanol–water partition coefficient (Wildman–Crippen LogP) is 2.69. The summed E-state index contributed by atoms with van der Waals surface area (Å²) in [4.78, 5) is 42.4. The van der Waals surface area contributed by atoms with Crippen LogP contribution in [0.3, 0.4) is 0 Å². The van der Waals surface area contributed by atoms with Crippen molar-refractivity contribution >= 4 is 40.7 Å². The van der Waals surface area contributed by atoms with Gasteiger partial charge in [0, 0.05) is 10.6 Å². The van der Waals surface area contributed by atoms with Gasteiger partial charge in [-0.05, 0) is 30.3 Å². The number of nitrogens with zero attached hydrogens (tertiary/aromatic N) is 3. The monoisotopic (exact) mass is 445 g/mol. The third-order valence-corrected chi connectivity index (χ3v) is 4.03. The zero-order valence-electron chi connectivity index (χ0n) is 15.4. The Labute approximate surface area is 178 Å². The summed E-state index contributed by atoms with van der Waals surface area (Å²) in [6, 6.07) is 11.2. The molecule has 0 bridgehead atoms. The van der Waals surface area contributed by atoms with E-state index in [9.17, 15) is 24.1 Å². The summed E-state index contributed by atoms with van der Waals surface area (Å²) in [5.41, 5.74) is 8.21. The van der Waals surface area contributed by atoms with Crippen LogP contribution in [0.2, 0.25) is 5.02 Å². The molecule has 0 aliphatic carbocycles. The number of hydrazine groups is 2. The summed E-state index contributed by atoms with van der Waals surface area (Å²) < 4.78 is 13.7. The average Bonchev–Trinajstić information content (AvgIpc) is 2.75. The van der Waals surface area contributed by atoms with Crippen molar-refractivity contribution in [1.82, 2.24) is 20.8 Å². The van der Waals surface area contributed by atoms with Gasteiger partial charge in [0.2, 0.25) is 11.6 Å².